The number of hydrogen-bond acceptors (Lipinski definition) is 4. The molecule has 0 spiro atoms. The minimum absolute atomic E-state index is 0.0604. The molecule has 1 fully saturated rings. The summed E-state index contributed by atoms with van der Waals surface area (Å²) in [4.78, 5) is 6.41. The highest BCUT2D eigenvalue weighted by molar-refractivity contribution is 7.90. The molecule has 1 saturated carbocycles. The smallest absolute Gasteiger partial charge is 0.228 e. The van der Waals surface area contributed by atoms with E-state index in [4.69, 9.17) is 12.2 Å². The number of sulfone groups is 1. The Labute approximate surface area is 199 Å². The van der Waals surface area contributed by atoms with Gasteiger partial charge in [-0.3, -0.25) is 0 Å². The maximum Gasteiger partial charge on any atom is 0.228 e. The quantitative estimate of drug-likeness (QED) is 0.463. The van der Waals surface area contributed by atoms with E-state index in [1.54, 1.807) is 22.9 Å². The van der Waals surface area contributed by atoms with Gasteiger partial charge in [0.1, 0.15) is 5.82 Å². The first kappa shape index (κ1) is 23.4. The fourth-order valence-corrected chi connectivity index (χ4v) is 5.63. The minimum Gasteiger partial charge on any atom is -0.363 e. The summed E-state index contributed by atoms with van der Waals surface area (Å²) < 4.78 is 42.6. The van der Waals surface area contributed by atoms with Crippen LogP contribution in [0.25, 0.3) is 0 Å². The van der Waals surface area contributed by atoms with Gasteiger partial charge in [-0.05, 0) is 43.6 Å². The molecule has 0 radical (unpaired) electrons. The zero-order valence-electron chi connectivity index (χ0n) is 18.4. The molecule has 2 aromatic carbocycles. The normalized spacial score (nSPS) is 13.6. The second-order valence-electron chi connectivity index (χ2n) is 8.15. The molecular formula is C24H27FN4O2S2. The van der Waals surface area contributed by atoms with Crippen molar-refractivity contribution in [3.05, 3.63) is 83.4 Å². The van der Waals surface area contributed by atoms with Crippen LogP contribution >= 0.6 is 12.2 Å². The van der Waals surface area contributed by atoms with Crippen LogP contribution in [0.3, 0.4) is 0 Å². The maximum absolute atomic E-state index is 14.2. The Morgan fingerprint density at radius 1 is 1.18 bits per heavy atom. The fourth-order valence-electron chi connectivity index (χ4n) is 3.77. The summed E-state index contributed by atoms with van der Waals surface area (Å²) in [5.74, 6) is -0.995. The van der Waals surface area contributed by atoms with Crippen molar-refractivity contribution in [1.29, 1.82) is 0 Å². The van der Waals surface area contributed by atoms with Gasteiger partial charge in [-0.2, -0.15) is 0 Å². The Bertz CT molecular complexity index is 1220. The Kier molecular flexibility index (Phi) is 7.09. The summed E-state index contributed by atoms with van der Waals surface area (Å²) in [5.41, 5.74) is 1.82. The summed E-state index contributed by atoms with van der Waals surface area (Å²) >= 11 is 5.57. The van der Waals surface area contributed by atoms with Gasteiger partial charge in [0.2, 0.25) is 15.0 Å². The number of imidazole rings is 1. The van der Waals surface area contributed by atoms with Crippen molar-refractivity contribution in [2.24, 2.45) is 0 Å². The number of rotatable bonds is 9. The molecule has 9 heteroatoms. The average Bonchev–Trinajstić information content (AvgIpc) is 3.55. The van der Waals surface area contributed by atoms with Crippen LogP contribution in [0.2, 0.25) is 0 Å². The molecule has 0 saturated heterocycles. The van der Waals surface area contributed by atoms with Gasteiger partial charge in [-0.15, -0.1) is 0 Å². The van der Waals surface area contributed by atoms with Gasteiger partial charge in [0.15, 0.2) is 5.11 Å². The largest absolute Gasteiger partial charge is 0.363 e. The van der Waals surface area contributed by atoms with E-state index in [-0.39, 0.29) is 10.7 Å². The molecule has 6 nitrogen and oxygen atoms in total. The lowest BCUT2D eigenvalue weighted by Crippen LogP contribution is -2.41. The van der Waals surface area contributed by atoms with Gasteiger partial charge in [-0.25, -0.2) is 17.8 Å². The number of hydrogen-bond donors (Lipinski definition) is 1. The van der Waals surface area contributed by atoms with E-state index in [0.717, 1.165) is 24.1 Å². The number of halogens is 1. The fraction of sp³-hybridized carbons (Fsp3) is 0.333. The van der Waals surface area contributed by atoms with Crippen molar-refractivity contribution in [3.8, 4) is 0 Å². The second-order valence-corrected chi connectivity index (χ2v) is 10.4. The molecule has 1 aliphatic rings. The summed E-state index contributed by atoms with van der Waals surface area (Å²) in [5, 5.41) is 3.80. The van der Waals surface area contributed by atoms with Crippen LogP contribution in [0.5, 0.6) is 0 Å². The molecule has 3 aromatic rings. The van der Waals surface area contributed by atoms with Crippen molar-refractivity contribution < 1.29 is 12.8 Å². The number of nitrogens with one attached hydrogen (secondary N) is 1. The van der Waals surface area contributed by atoms with E-state index < -0.39 is 21.4 Å². The molecule has 0 amide bonds. The van der Waals surface area contributed by atoms with Crippen LogP contribution in [0.15, 0.2) is 66.0 Å². The van der Waals surface area contributed by atoms with Gasteiger partial charge >= 0.3 is 0 Å². The van der Waals surface area contributed by atoms with Crippen molar-refractivity contribution in [2.45, 2.75) is 49.8 Å². The zero-order chi connectivity index (χ0) is 23.4. The standard InChI is InChI=1S/C24H27FN4O2S2/c1-2-26-23(32)28(20-12-13-20)16-21-14-27-24(29(21)15-18-8-4-3-5-9-18)33(30,31)17-19-10-6-7-11-22(19)25/h3-11,14,20H,2,12-13,15-17H2,1H3,(H,26,32). The number of thiocarbonyl (C=S) groups is 1. The first-order valence-corrected chi connectivity index (χ1v) is 13.0. The molecule has 4 rings (SSSR count). The van der Waals surface area contributed by atoms with Crippen molar-refractivity contribution in [3.63, 3.8) is 0 Å². The molecule has 1 aliphatic carbocycles. The lowest BCUT2D eigenvalue weighted by molar-refractivity contribution is 0.382. The summed E-state index contributed by atoms with van der Waals surface area (Å²) in [6.45, 7) is 3.50. The molecule has 174 valence electrons. The number of nitrogens with zero attached hydrogens (tertiary/aromatic N) is 3. The van der Waals surface area contributed by atoms with E-state index in [0.29, 0.717) is 30.8 Å². The predicted molar refractivity (Wildman–Crippen MR) is 130 cm³/mol. The summed E-state index contributed by atoms with van der Waals surface area (Å²) in [6.07, 6.45) is 3.70. The molecule has 1 heterocycles. The Morgan fingerprint density at radius 2 is 1.88 bits per heavy atom. The van der Waals surface area contributed by atoms with E-state index in [2.05, 4.69) is 15.2 Å². The molecule has 0 aliphatic heterocycles. The molecule has 1 N–H and O–H groups in total. The van der Waals surface area contributed by atoms with Crippen LogP contribution in [-0.2, 0) is 28.7 Å². The monoisotopic (exact) mass is 486 g/mol. The SMILES string of the molecule is CCNC(=S)N(Cc1cnc(S(=O)(=O)Cc2ccccc2F)n1Cc1ccccc1)C1CC1. The highest BCUT2D eigenvalue weighted by Crippen LogP contribution is 2.29. The highest BCUT2D eigenvalue weighted by Gasteiger charge is 2.32. The third-order valence-electron chi connectivity index (χ3n) is 5.58. The van der Waals surface area contributed by atoms with E-state index in [9.17, 15) is 12.8 Å². The predicted octanol–water partition coefficient (Wildman–Crippen LogP) is 3.90. The Morgan fingerprint density at radius 3 is 2.55 bits per heavy atom. The first-order chi connectivity index (χ1) is 15.9. The van der Waals surface area contributed by atoms with E-state index in [1.165, 1.54) is 12.1 Å². The third kappa shape index (κ3) is 5.59. The number of benzene rings is 2. The molecule has 0 unspecified atom stereocenters. The topological polar surface area (TPSA) is 67.2 Å². The minimum atomic E-state index is -3.89. The lowest BCUT2D eigenvalue weighted by atomic mass is 10.2. The molecular weight excluding hydrogens is 459 g/mol. The van der Waals surface area contributed by atoms with Crippen LogP contribution < -0.4 is 5.32 Å². The molecule has 33 heavy (non-hydrogen) atoms. The lowest BCUT2D eigenvalue weighted by Gasteiger charge is -2.26. The molecule has 0 bridgehead atoms. The van der Waals surface area contributed by atoms with Crippen LogP contribution in [0.1, 0.15) is 36.6 Å². The van der Waals surface area contributed by atoms with Gasteiger partial charge in [0.25, 0.3) is 0 Å². The number of aromatic nitrogens is 2. The van der Waals surface area contributed by atoms with E-state index in [1.807, 2.05) is 37.3 Å². The van der Waals surface area contributed by atoms with Gasteiger partial charge in [0.05, 0.1) is 30.7 Å². The van der Waals surface area contributed by atoms with Gasteiger partial charge in [0, 0.05) is 18.2 Å². The molecule has 0 atom stereocenters. The van der Waals surface area contributed by atoms with Crippen molar-refractivity contribution in [2.75, 3.05) is 6.54 Å². The third-order valence-corrected chi connectivity index (χ3v) is 7.53. The summed E-state index contributed by atoms with van der Waals surface area (Å²) in [6, 6.07) is 15.9. The van der Waals surface area contributed by atoms with Crippen LogP contribution in [-0.4, -0.2) is 40.6 Å². The Balaban J connectivity index is 1.70. The Hall–Kier alpha value is -2.78. The van der Waals surface area contributed by atoms with Gasteiger partial charge in [-0.1, -0.05) is 48.5 Å². The van der Waals surface area contributed by atoms with Gasteiger partial charge < -0.3 is 14.8 Å². The van der Waals surface area contributed by atoms with Crippen LogP contribution in [0, 0.1) is 5.82 Å². The van der Waals surface area contributed by atoms with Crippen LogP contribution in [0.4, 0.5) is 4.39 Å². The first-order valence-electron chi connectivity index (χ1n) is 11.0. The average molecular weight is 487 g/mol. The van der Waals surface area contributed by atoms with E-state index >= 15 is 0 Å². The van der Waals surface area contributed by atoms with Crippen molar-refractivity contribution in [1.82, 2.24) is 19.8 Å². The second kappa shape index (κ2) is 10.0. The zero-order valence-corrected chi connectivity index (χ0v) is 20.1. The molecule has 1 aromatic heterocycles. The highest BCUT2D eigenvalue weighted by atomic mass is 32.2. The van der Waals surface area contributed by atoms with Crippen molar-refractivity contribution >= 4 is 27.2 Å². The summed E-state index contributed by atoms with van der Waals surface area (Å²) in [7, 11) is -3.89. The maximum atomic E-state index is 14.2.